The number of sulfonamides is 1. The van der Waals surface area contributed by atoms with Gasteiger partial charge in [0.2, 0.25) is 0 Å². The van der Waals surface area contributed by atoms with Gasteiger partial charge < -0.3 is 9.30 Å². The molecule has 0 atom stereocenters. The maximum absolute atomic E-state index is 14.1. The first kappa shape index (κ1) is 15.8. The number of fused-ring (bicyclic) bond motifs is 1. The third-order valence-electron chi connectivity index (χ3n) is 3.49. The molecule has 0 N–H and O–H groups in total. The van der Waals surface area contributed by atoms with Gasteiger partial charge in [0.05, 0.1) is 12.9 Å². The van der Waals surface area contributed by atoms with Crippen LogP contribution in [-0.2, 0) is 16.6 Å². The van der Waals surface area contributed by atoms with Gasteiger partial charge in [0.15, 0.2) is 10.8 Å². The summed E-state index contributed by atoms with van der Waals surface area (Å²) in [5.41, 5.74) is -0.0582. The molecule has 0 bridgehead atoms. The molecule has 0 fully saturated rings. The van der Waals surface area contributed by atoms with E-state index >= 15 is 0 Å². The van der Waals surface area contributed by atoms with Gasteiger partial charge in [0.25, 0.3) is 10.0 Å². The van der Waals surface area contributed by atoms with Gasteiger partial charge in [0, 0.05) is 12.7 Å². The molecule has 1 aliphatic heterocycles. The quantitative estimate of drug-likeness (QED) is 0.857. The average molecular weight is 339 g/mol. The van der Waals surface area contributed by atoms with E-state index in [1.165, 1.54) is 24.7 Å². The molecule has 0 radical (unpaired) electrons. The molecule has 23 heavy (non-hydrogen) atoms. The Morgan fingerprint density at radius 3 is 2.91 bits per heavy atom. The molecular weight excluding hydrogens is 321 g/mol. The Balaban J connectivity index is 2.00. The van der Waals surface area contributed by atoms with Crippen LogP contribution in [0.15, 0.2) is 35.7 Å². The summed E-state index contributed by atoms with van der Waals surface area (Å²) in [6.07, 6.45) is 2.96. The zero-order chi connectivity index (χ0) is 16.6. The van der Waals surface area contributed by atoms with Crippen LogP contribution in [-0.4, -0.2) is 31.1 Å². The maximum atomic E-state index is 14.1. The molecule has 1 aromatic heterocycles. The van der Waals surface area contributed by atoms with Gasteiger partial charge in [-0.3, -0.25) is 4.31 Å². The first-order valence-electron chi connectivity index (χ1n) is 7.35. The Morgan fingerprint density at radius 1 is 1.39 bits per heavy atom. The van der Waals surface area contributed by atoms with Crippen molar-refractivity contribution < 1.29 is 17.5 Å². The predicted octanol–water partition coefficient (Wildman–Crippen LogP) is 2.27. The number of nitrogens with zero attached hydrogens (tertiary/aromatic N) is 3. The fourth-order valence-electron chi connectivity index (χ4n) is 2.55. The molecule has 0 spiro atoms. The largest absolute Gasteiger partial charge is 0.489 e. The van der Waals surface area contributed by atoms with Crippen LogP contribution in [0.25, 0.3) is 0 Å². The van der Waals surface area contributed by atoms with Crippen LogP contribution in [0.5, 0.6) is 5.75 Å². The Labute approximate surface area is 134 Å². The lowest BCUT2D eigenvalue weighted by molar-refractivity contribution is 0.313. The van der Waals surface area contributed by atoms with E-state index < -0.39 is 15.8 Å². The second kappa shape index (κ2) is 5.84. The zero-order valence-electron chi connectivity index (χ0n) is 12.9. The van der Waals surface area contributed by atoms with Gasteiger partial charge in [-0.05, 0) is 18.1 Å². The van der Waals surface area contributed by atoms with E-state index in [0.29, 0.717) is 12.5 Å². The van der Waals surface area contributed by atoms with Crippen molar-refractivity contribution in [1.82, 2.24) is 9.55 Å². The van der Waals surface area contributed by atoms with Gasteiger partial charge >= 0.3 is 0 Å². The minimum atomic E-state index is -3.93. The lowest BCUT2D eigenvalue weighted by Gasteiger charge is -2.29. The Kier molecular flexibility index (Phi) is 4.01. The SMILES string of the molecule is CC(C)Cn1cnc(S(=O)(=O)N2CCOc3cccc(F)c32)c1. The Morgan fingerprint density at radius 2 is 2.17 bits per heavy atom. The van der Waals surface area contributed by atoms with Gasteiger partial charge in [-0.2, -0.15) is 8.42 Å². The lowest BCUT2D eigenvalue weighted by atomic mass is 10.2. The summed E-state index contributed by atoms with van der Waals surface area (Å²) in [6.45, 7) is 4.94. The summed E-state index contributed by atoms with van der Waals surface area (Å²) < 4.78 is 47.9. The zero-order valence-corrected chi connectivity index (χ0v) is 13.8. The molecule has 6 nitrogen and oxygen atoms in total. The topological polar surface area (TPSA) is 64.4 Å². The highest BCUT2D eigenvalue weighted by Gasteiger charge is 2.34. The second-order valence-electron chi connectivity index (χ2n) is 5.81. The summed E-state index contributed by atoms with van der Waals surface area (Å²) in [6, 6.07) is 4.26. The van der Waals surface area contributed by atoms with E-state index in [1.54, 1.807) is 10.6 Å². The summed E-state index contributed by atoms with van der Waals surface area (Å²) >= 11 is 0. The third-order valence-corrected chi connectivity index (χ3v) is 5.18. The van der Waals surface area contributed by atoms with Crippen LogP contribution in [0.3, 0.4) is 0 Å². The first-order valence-corrected chi connectivity index (χ1v) is 8.79. The Hall–Kier alpha value is -2.09. The Bertz CT molecular complexity index is 817. The number of hydrogen-bond acceptors (Lipinski definition) is 4. The summed E-state index contributed by atoms with van der Waals surface area (Å²) in [7, 11) is -3.93. The van der Waals surface area contributed by atoms with E-state index in [0.717, 1.165) is 4.31 Å². The third kappa shape index (κ3) is 2.90. The van der Waals surface area contributed by atoms with Crippen molar-refractivity contribution in [3.63, 3.8) is 0 Å². The van der Waals surface area contributed by atoms with Crippen LogP contribution < -0.4 is 9.04 Å². The van der Waals surface area contributed by atoms with E-state index in [1.807, 2.05) is 13.8 Å². The van der Waals surface area contributed by atoms with Crippen LogP contribution in [0, 0.1) is 11.7 Å². The van der Waals surface area contributed by atoms with Crippen LogP contribution >= 0.6 is 0 Å². The monoisotopic (exact) mass is 339 g/mol. The molecule has 8 heteroatoms. The van der Waals surface area contributed by atoms with Gasteiger partial charge in [-0.15, -0.1) is 0 Å². The number of aromatic nitrogens is 2. The molecule has 2 heterocycles. The van der Waals surface area contributed by atoms with Crippen molar-refractivity contribution in [2.24, 2.45) is 5.92 Å². The highest BCUT2D eigenvalue weighted by atomic mass is 32.2. The highest BCUT2D eigenvalue weighted by Crippen LogP contribution is 2.37. The van der Waals surface area contributed by atoms with Crippen molar-refractivity contribution in [1.29, 1.82) is 0 Å². The molecule has 124 valence electrons. The molecule has 0 aliphatic carbocycles. The lowest BCUT2D eigenvalue weighted by Crippen LogP contribution is -2.38. The van der Waals surface area contributed by atoms with Crippen LogP contribution in [0.4, 0.5) is 10.1 Å². The molecule has 0 saturated carbocycles. The minimum absolute atomic E-state index is 0.0489. The van der Waals surface area contributed by atoms with Crippen molar-refractivity contribution in [3.8, 4) is 5.75 Å². The molecule has 0 amide bonds. The summed E-state index contributed by atoms with van der Waals surface area (Å²) in [5.74, 6) is -0.0462. The van der Waals surface area contributed by atoms with E-state index in [-0.39, 0.29) is 29.6 Å². The number of para-hydroxylation sites is 1. The number of halogens is 1. The number of anilines is 1. The summed E-state index contributed by atoms with van der Waals surface area (Å²) in [4.78, 5) is 3.99. The number of hydrogen-bond donors (Lipinski definition) is 0. The van der Waals surface area contributed by atoms with Gasteiger partial charge in [-0.1, -0.05) is 19.9 Å². The van der Waals surface area contributed by atoms with Gasteiger partial charge in [-0.25, -0.2) is 9.37 Å². The fourth-order valence-corrected chi connectivity index (χ4v) is 3.96. The number of rotatable bonds is 4. The standard InChI is InChI=1S/C15H18FN3O3S/c1-11(2)8-18-9-14(17-10-18)23(20,21)19-6-7-22-13-5-3-4-12(16)15(13)19/h3-5,9-11H,6-8H2,1-2H3. The summed E-state index contributed by atoms with van der Waals surface area (Å²) in [5, 5.41) is -0.0887. The van der Waals surface area contributed by atoms with Crippen LogP contribution in [0.2, 0.25) is 0 Å². The smallest absolute Gasteiger partial charge is 0.283 e. The second-order valence-corrected chi connectivity index (χ2v) is 7.62. The predicted molar refractivity (Wildman–Crippen MR) is 83.5 cm³/mol. The first-order chi connectivity index (χ1) is 10.9. The average Bonchev–Trinajstić information content (AvgIpc) is 2.95. The molecule has 0 saturated heterocycles. The highest BCUT2D eigenvalue weighted by molar-refractivity contribution is 7.92. The number of imidazole rings is 1. The molecule has 1 aliphatic rings. The molecule has 3 rings (SSSR count). The molecule has 0 unspecified atom stereocenters. The number of ether oxygens (including phenoxy) is 1. The van der Waals surface area contributed by atoms with Crippen molar-refractivity contribution in [2.45, 2.75) is 25.4 Å². The van der Waals surface area contributed by atoms with Crippen LogP contribution in [0.1, 0.15) is 13.8 Å². The number of benzene rings is 1. The van der Waals surface area contributed by atoms with Crippen molar-refractivity contribution in [3.05, 3.63) is 36.5 Å². The maximum Gasteiger partial charge on any atom is 0.283 e. The molecule has 2 aromatic rings. The van der Waals surface area contributed by atoms with E-state index in [2.05, 4.69) is 4.98 Å². The normalized spacial score (nSPS) is 14.7. The molecular formula is C15H18FN3O3S. The minimum Gasteiger partial charge on any atom is -0.489 e. The van der Waals surface area contributed by atoms with Crippen molar-refractivity contribution in [2.75, 3.05) is 17.5 Å². The van der Waals surface area contributed by atoms with E-state index in [9.17, 15) is 12.8 Å². The fraction of sp³-hybridized carbons (Fsp3) is 0.400. The van der Waals surface area contributed by atoms with E-state index in [4.69, 9.17) is 4.74 Å². The molecule has 1 aromatic carbocycles. The van der Waals surface area contributed by atoms with Gasteiger partial charge in [0.1, 0.15) is 18.0 Å². The van der Waals surface area contributed by atoms with Crippen molar-refractivity contribution >= 4 is 15.7 Å².